The largest absolute Gasteiger partial charge is 0.451 e. The van der Waals surface area contributed by atoms with E-state index in [1.165, 1.54) is 0 Å². The Hall–Kier alpha value is -1.15. The van der Waals surface area contributed by atoms with E-state index in [4.69, 9.17) is 5.73 Å². The fourth-order valence-corrected chi connectivity index (χ4v) is 2.35. The SMILES string of the molecule is CCC(C)C(N)CN1CCn2c(nnc2C(F)(F)F)C1. The Bertz CT molecular complexity index is 456. The molecular formula is C12H20F3N5. The van der Waals surface area contributed by atoms with Gasteiger partial charge in [0.25, 0.3) is 0 Å². The van der Waals surface area contributed by atoms with Gasteiger partial charge in [0.1, 0.15) is 5.82 Å². The normalized spacial score (nSPS) is 19.7. The second-order valence-corrected chi connectivity index (χ2v) is 5.37. The molecule has 2 rings (SSSR count). The predicted octanol–water partition coefficient (Wildman–Crippen LogP) is 1.49. The van der Waals surface area contributed by atoms with E-state index in [0.717, 1.165) is 11.0 Å². The molecule has 0 aromatic carbocycles. The Morgan fingerprint density at radius 3 is 2.60 bits per heavy atom. The summed E-state index contributed by atoms with van der Waals surface area (Å²) in [6.07, 6.45) is -3.45. The maximum absolute atomic E-state index is 12.7. The summed E-state index contributed by atoms with van der Waals surface area (Å²) in [4.78, 5) is 2.04. The molecule has 2 unspecified atom stereocenters. The van der Waals surface area contributed by atoms with Gasteiger partial charge in [-0.15, -0.1) is 10.2 Å². The molecule has 0 bridgehead atoms. The highest BCUT2D eigenvalue weighted by Crippen LogP contribution is 2.29. The van der Waals surface area contributed by atoms with Crippen molar-refractivity contribution >= 4 is 0 Å². The van der Waals surface area contributed by atoms with E-state index in [0.29, 0.717) is 31.4 Å². The molecule has 1 aliphatic heterocycles. The molecule has 0 fully saturated rings. The van der Waals surface area contributed by atoms with Gasteiger partial charge in [0.05, 0.1) is 6.54 Å². The summed E-state index contributed by atoms with van der Waals surface area (Å²) >= 11 is 0. The molecule has 1 aliphatic rings. The first-order valence-corrected chi connectivity index (χ1v) is 6.80. The monoisotopic (exact) mass is 291 g/mol. The number of hydrogen-bond donors (Lipinski definition) is 1. The zero-order valence-corrected chi connectivity index (χ0v) is 11.7. The van der Waals surface area contributed by atoms with Crippen molar-refractivity contribution in [2.45, 2.75) is 45.6 Å². The summed E-state index contributed by atoms with van der Waals surface area (Å²) in [5.74, 6) is -0.154. The topological polar surface area (TPSA) is 60.0 Å². The van der Waals surface area contributed by atoms with Crippen molar-refractivity contribution < 1.29 is 13.2 Å². The number of nitrogens with zero attached hydrogens (tertiary/aromatic N) is 4. The molecule has 0 radical (unpaired) electrons. The third-order valence-electron chi connectivity index (χ3n) is 3.93. The average Bonchev–Trinajstić information content (AvgIpc) is 2.80. The van der Waals surface area contributed by atoms with Crippen molar-refractivity contribution in [2.24, 2.45) is 11.7 Å². The molecule has 2 atom stereocenters. The summed E-state index contributed by atoms with van der Waals surface area (Å²) in [5, 5.41) is 6.92. The van der Waals surface area contributed by atoms with Gasteiger partial charge in [-0.05, 0) is 5.92 Å². The fourth-order valence-electron chi connectivity index (χ4n) is 2.35. The summed E-state index contributed by atoms with van der Waals surface area (Å²) in [7, 11) is 0. The highest BCUT2D eigenvalue weighted by molar-refractivity contribution is 5.02. The number of fused-ring (bicyclic) bond motifs is 1. The maximum Gasteiger partial charge on any atom is 0.451 e. The van der Waals surface area contributed by atoms with E-state index < -0.39 is 12.0 Å². The number of hydrogen-bond acceptors (Lipinski definition) is 4. The van der Waals surface area contributed by atoms with Crippen LogP contribution in [-0.2, 0) is 19.3 Å². The number of alkyl halides is 3. The quantitative estimate of drug-likeness (QED) is 0.913. The average molecular weight is 291 g/mol. The van der Waals surface area contributed by atoms with Crippen molar-refractivity contribution in [3.05, 3.63) is 11.6 Å². The first-order valence-electron chi connectivity index (χ1n) is 6.80. The predicted molar refractivity (Wildman–Crippen MR) is 67.7 cm³/mol. The van der Waals surface area contributed by atoms with Crippen LogP contribution in [0.4, 0.5) is 13.2 Å². The Kier molecular flexibility index (Phi) is 4.33. The Morgan fingerprint density at radius 2 is 2.00 bits per heavy atom. The number of halogens is 3. The van der Waals surface area contributed by atoms with Gasteiger partial charge in [-0.1, -0.05) is 20.3 Å². The molecular weight excluding hydrogens is 271 g/mol. The number of rotatable bonds is 4. The number of nitrogens with two attached hydrogens (primary N) is 1. The van der Waals surface area contributed by atoms with Crippen molar-refractivity contribution in [3.63, 3.8) is 0 Å². The first-order chi connectivity index (χ1) is 9.32. The van der Waals surface area contributed by atoms with E-state index in [1.54, 1.807) is 0 Å². The molecule has 8 heteroatoms. The molecule has 114 valence electrons. The highest BCUT2D eigenvalue weighted by atomic mass is 19.4. The third kappa shape index (κ3) is 3.12. The summed E-state index contributed by atoms with van der Waals surface area (Å²) in [6.45, 7) is 5.99. The summed E-state index contributed by atoms with van der Waals surface area (Å²) < 4.78 is 39.3. The third-order valence-corrected chi connectivity index (χ3v) is 3.93. The lowest BCUT2D eigenvalue weighted by Gasteiger charge is -2.31. The van der Waals surface area contributed by atoms with Gasteiger partial charge in [-0.3, -0.25) is 4.90 Å². The number of aromatic nitrogens is 3. The Balaban J connectivity index is 2.04. The van der Waals surface area contributed by atoms with E-state index in [2.05, 4.69) is 24.0 Å². The maximum atomic E-state index is 12.7. The standard InChI is InChI=1S/C12H20F3N5/c1-3-8(2)9(16)6-19-4-5-20-10(7-19)17-18-11(20)12(13,14)15/h8-9H,3-7,16H2,1-2H3. The van der Waals surface area contributed by atoms with Crippen molar-refractivity contribution in [1.29, 1.82) is 0 Å². The molecule has 2 N–H and O–H groups in total. The summed E-state index contributed by atoms with van der Waals surface area (Å²) in [6, 6.07) is 0.0246. The molecule has 20 heavy (non-hydrogen) atoms. The zero-order valence-electron chi connectivity index (χ0n) is 11.7. The van der Waals surface area contributed by atoms with Crippen molar-refractivity contribution in [2.75, 3.05) is 13.1 Å². The van der Waals surface area contributed by atoms with Gasteiger partial charge in [0.15, 0.2) is 0 Å². The molecule has 0 saturated heterocycles. The van der Waals surface area contributed by atoms with Crippen LogP contribution < -0.4 is 5.73 Å². The Morgan fingerprint density at radius 1 is 1.30 bits per heavy atom. The molecule has 0 amide bonds. The van der Waals surface area contributed by atoms with E-state index >= 15 is 0 Å². The molecule has 0 saturated carbocycles. The lowest BCUT2D eigenvalue weighted by atomic mass is 9.99. The minimum Gasteiger partial charge on any atom is -0.326 e. The molecule has 0 aliphatic carbocycles. The first kappa shape index (κ1) is 15.2. The van der Waals surface area contributed by atoms with Gasteiger partial charge >= 0.3 is 6.18 Å². The second-order valence-electron chi connectivity index (χ2n) is 5.37. The van der Waals surface area contributed by atoms with Gasteiger partial charge in [-0.25, -0.2) is 0 Å². The van der Waals surface area contributed by atoms with Gasteiger partial charge in [0.2, 0.25) is 5.82 Å². The van der Waals surface area contributed by atoms with Crippen LogP contribution in [0.1, 0.15) is 31.9 Å². The van der Waals surface area contributed by atoms with Gasteiger partial charge in [0, 0.05) is 25.7 Å². The van der Waals surface area contributed by atoms with Crippen LogP contribution in [0.3, 0.4) is 0 Å². The molecule has 0 spiro atoms. The molecule has 1 aromatic heterocycles. The zero-order chi connectivity index (χ0) is 14.9. The lowest BCUT2D eigenvalue weighted by Crippen LogP contribution is -2.44. The van der Waals surface area contributed by atoms with Crippen LogP contribution >= 0.6 is 0 Å². The Labute approximate surface area is 115 Å². The summed E-state index contributed by atoms with van der Waals surface area (Å²) in [5.41, 5.74) is 6.09. The molecule has 2 heterocycles. The lowest BCUT2D eigenvalue weighted by molar-refractivity contribution is -0.148. The van der Waals surface area contributed by atoms with Crippen LogP contribution in [-0.4, -0.2) is 38.8 Å². The van der Waals surface area contributed by atoms with Crippen molar-refractivity contribution in [1.82, 2.24) is 19.7 Å². The van der Waals surface area contributed by atoms with Gasteiger partial charge < -0.3 is 10.3 Å². The van der Waals surface area contributed by atoms with Crippen LogP contribution in [0.2, 0.25) is 0 Å². The molecule has 5 nitrogen and oxygen atoms in total. The van der Waals surface area contributed by atoms with Crippen molar-refractivity contribution in [3.8, 4) is 0 Å². The van der Waals surface area contributed by atoms with Crippen LogP contribution in [0.15, 0.2) is 0 Å². The second kappa shape index (κ2) is 5.69. The van der Waals surface area contributed by atoms with Gasteiger partial charge in [-0.2, -0.15) is 13.2 Å². The minimum absolute atomic E-state index is 0.0246. The van der Waals surface area contributed by atoms with E-state index in [9.17, 15) is 13.2 Å². The smallest absolute Gasteiger partial charge is 0.326 e. The van der Waals surface area contributed by atoms with E-state index in [-0.39, 0.29) is 12.6 Å². The van der Waals surface area contributed by atoms with Crippen LogP contribution in [0.5, 0.6) is 0 Å². The van der Waals surface area contributed by atoms with Crippen LogP contribution in [0, 0.1) is 5.92 Å². The highest BCUT2D eigenvalue weighted by Gasteiger charge is 2.39. The fraction of sp³-hybridized carbons (Fsp3) is 0.833. The molecule has 1 aromatic rings. The minimum atomic E-state index is -4.44. The van der Waals surface area contributed by atoms with Crippen LogP contribution in [0.25, 0.3) is 0 Å². The van der Waals surface area contributed by atoms with E-state index in [1.807, 2.05) is 4.90 Å².